The van der Waals surface area contributed by atoms with Crippen molar-refractivity contribution >= 4 is 11.0 Å². The van der Waals surface area contributed by atoms with Gasteiger partial charge in [0.05, 0.1) is 23.8 Å². The van der Waals surface area contributed by atoms with Gasteiger partial charge in [-0.2, -0.15) is 0 Å². The predicted molar refractivity (Wildman–Crippen MR) is 59.5 cm³/mol. The Morgan fingerprint density at radius 1 is 1.40 bits per heavy atom. The number of rotatable bonds is 1. The van der Waals surface area contributed by atoms with Crippen LogP contribution in [0.3, 0.4) is 0 Å². The van der Waals surface area contributed by atoms with Gasteiger partial charge in [-0.3, -0.25) is 9.36 Å². The third-order valence-electron chi connectivity index (χ3n) is 2.17. The largest absolute Gasteiger partial charge is 0.294 e. The summed E-state index contributed by atoms with van der Waals surface area (Å²) in [4.78, 5) is 15.6. The first-order valence-corrected chi connectivity index (χ1v) is 4.67. The number of hydrogen-bond acceptors (Lipinski definition) is 2. The van der Waals surface area contributed by atoms with Gasteiger partial charge < -0.3 is 0 Å². The number of aromatic nitrogens is 2. The zero-order valence-corrected chi connectivity index (χ0v) is 8.40. The molecule has 0 radical (unpaired) electrons. The third kappa shape index (κ3) is 1.75. The summed E-state index contributed by atoms with van der Waals surface area (Å²) in [5.74, 6) is 5.66. The van der Waals surface area contributed by atoms with Gasteiger partial charge in [-0.1, -0.05) is 18.1 Å². The van der Waals surface area contributed by atoms with Crippen molar-refractivity contribution in [3.8, 4) is 11.8 Å². The quantitative estimate of drug-likeness (QED) is 0.649. The molecule has 1 aromatic heterocycles. The van der Waals surface area contributed by atoms with Gasteiger partial charge in [0, 0.05) is 0 Å². The number of para-hydroxylation sites is 2. The van der Waals surface area contributed by atoms with Gasteiger partial charge in [0.25, 0.3) is 5.56 Å². The van der Waals surface area contributed by atoms with Crippen LogP contribution in [0.2, 0.25) is 0 Å². The maximum atomic E-state index is 11.6. The lowest BCUT2D eigenvalue weighted by Gasteiger charge is -2.04. The second-order valence-electron chi connectivity index (χ2n) is 3.10. The van der Waals surface area contributed by atoms with Crippen LogP contribution in [0, 0.1) is 11.8 Å². The summed E-state index contributed by atoms with van der Waals surface area (Å²) in [5, 5.41) is 0. The van der Waals surface area contributed by atoms with E-state index in [-0.39, 0.29) is 5.56 Å². The number of hydrogen-bond donors (Lipinski definition) is 0. The van der Waals surface area contributed by atoms with Gasteiger partial charge in [0.15, 0.2) is 0 Å². The molecule has 0 aliphatic carbocycles. The molecule has 0 aliphatic rings. The third-order valence-corrected chi connectivity index (χ3v) is 2.17. The van der Waals surface area contributed by atoms with E-state index in [0.717, 1.165) is 11.0 Å². The minimum atomic E-state index is -0.114. The van der Waals surface area contributed by atoms with Gasteiger partial charge in [0.1, 0.15) is 0 Å². The number of fused-ring (bicyclic) bond motifs is 1. The van der Waals surface area contributed by atoms with Gasteiger partial charge in [-0.15, -0.1) is 5.92 Å². The first-order valence-electron chi connectivity index (χ1n) is 4.67. The average Bonchev–Trinajstić information content (AvgIpc) is 2.28. The monoisotopic (exact) mass is 198 g/mol. The van der Waals surface area contributed by atoms with Gasteiger partial charge in [-0.25, -0.2) is 4.98 Å². The normalized spacial score (nSPS) is 9.67. The van der Waals surface area contributed by atoms with E-state index < -0.39 is 0 Å². The van der Waals surface area contributed by atoms with E-state index in [4.69, 9.17) is 0 Å². The highest BCUT2D eigenvalue weighted by Gasteiger charge is 2.00. The Kier molecular flexibility index (Phi) is 2.51. The SMILES string of the molecule is CC#CCn1c(=O)cnc2ccccc21. The second-order valence-corrected chi connectivity index (χ2v) is 3.10. The van der Waals surface area contributed by atoms with E-state index in [1.165, 1.54) is 6.20 Å². The van der Waals surface area contributed by atoms with E-state index in [9.17, 15) is 4.79 Å². The lowest BCUT2D eigenvalue weighted by Crippen LogP contribution is -2.19. The molecule has 0 amide bonds. The van der Waals surface area contributed by atoms with Crippen molar-refractivity contribution in [1.82, 2.24) is 9.55 Å². The van der Waals surface area contributed by atoms with Gasteiger partial charge in [-0.05, 0) is 19.1 Å². The fraction of sp³-hybridized carbons (Fsp3) is 0.167. The Morgan fingerprint density at radius 3 is 3.00 bits per heavy atom. The van der Waals surface area contributed by atoms with E-state index in [2.05, 4.69) is 16.8 Å². The van der Waals surface area contributed by atoms with Gasteiger partial charge in [0.2, 0.25) is 0 Å². The molecule has 2 aromatic rings. The second kappa shape index (κ2) is 3.97. The Morgan fingerprint density at radius 2 is 2.20 bits per heavy atom. The highest BCUT2D eigenvalue weighted by molar-refractivity contribution is 5.74. The van der Waals surface area contributed by atoms with Crippen molar-refractivity contribution in [3.05, 3.63) is 40.8 Å². The molecule has 0 fully saturated rings. The summed E-state index contributed by atoms with van der Waals surface area (Å²) in [7, 11) is 0. The van der Waals surface area contributed by atoms with Crippen LogP contribution in [0.1, 0.15) is 6.92 Å². The minimum absolute atomic E-state index is 0.114. The molecule has 0 atom stereocenters. The Labute approximate surface area is 87.4 Å². The Bertz CT molecular complexity index is 602. The van der Waals surface area contributed by atoms with Crippen molar-refractivity contribution in [3.63, 3.8) is 0 Å². The molecule has 0 unspecified atom stereocenters. The van der Waals surface area contributed by atoms with Crippen molar-refractivity contribution in [2.75, 3.05) is 0 Å². The van der Waals surface area contributed by atoms with E-state index >= 15 is 0 Å². The predicted octanol–water partition coefficient (Wildman–Crippen LogP) is 1.42. The molecule has 0 saturated heterocycles. The molecule has 0 N–H and O–H groups in total. The zero-order valence-electron chi connectivity index (χ0n) is 8.40. The first kappa shape index (κ1) is 9.47. The van der Waals surface area contributed by atoms with E-state index in [1.54, 1.807) is 11.5 Å². The summed E-state index contributed by atoms with van der Waals surface area (Å²) in [5.41, 5.74) is 1.53. The van der Waals surface area contributed by atoms with Crippen molar-refractivity contribution in [2.24, 2.45) is 0 Å². The summed E-state index contributed by atoms with van der Waals surface area (Å²) in [6.07, 6.45) is 1.33. The summed E-state index contributed by atoms with van der Waals surface area (Å²) >= 11 is 0. The summed E-state index contributed by atoms with van der Waals surface area (Å²) in [6.45, 7) is 2.17. The highest BCUT2D eigenvalue weighted by atomic mass is 16.1. The van der Waals surface area contributed by atoms with E-state index in [0.29, 0.717) is 6.54 Å². The molecule has 0 saturated carbocycles. The van der Waals surface area contributed by atoms with Crippen LogP contribution in [0.4, 0.5) is 0 Å². The molecule has 3 heteroatoms. The minimum Gasteiger partial charge on any atom is -0.294 e. The molecule has 1 heterocycles. The summed E-state index contributed by atoms with van der Waals surface area (Å²) in [6, 6.07) is 7.54. The lowest BCUT2D eigenvalue weighted by molar-refractivity contribution is 0.825. The maximum absolute atomic E-state index is 11.6. The lowest BCUT2D eigenvalue weighted by atomic mass is 10.3. The van der Waals surface area contributed by atoms with E-state index in [1.807, 2.05) is 24.3 Å². The number of nitrogens with zero attached hydrogens (tertiary/aromatic N) is 2. The fourth-order valence-electron chi connectivity index (χ4n) is 1.44. The van der Waals surface area contributed by atoms with Crippen LogP contribution < -0.4 is 5.56 Å². The smallest absolute Gasteiger partial charge is 0.270 e. The summed E-state index contributed by atoms with van der Waals surface area (Å²) < 4.78 is 1.62. The Balaban J connectivity index is 2.72. The average molecular weight is 198 g/mol. The molecule has 0 bridgehead atoms. The molecule has 1 aromatic carbocycles. The fourth-order valence-corrected chi connectivity index (χ4v) is 1.44. The van der Waals surface area contributed by atoms with Crippen molar-refractivity contribution < 1.29 is 0 Å². The van der Waals surface area contributed by atoms with Crippen LogP contribution in [-0.4, -0.2) is 9.55 Å². The highest BCUT2D eigenvalue weighted by Crippen LogP contribution is 2.07. The Hall–Kier alpha value is -2.08. The molecule has 0 spiro atoms. The van der Waals surface area contributed by atoms with Gasteiger partial charge >= 0.3 is 0 Å². The molecular formula is C12H10N2O. The molecular weight excluding hydrogens is 188 g/mol. The topological polar surface area (TPSA) is 34.9 Å². The molecule has 15 heavy (non-hydrogen) atoms. The standard InChI is InChI=1S/C12H10N2O/c1-2-3-8-14-11-7-5-4-6-10(11)13-9-12(14)15/h4-7,9H,8H2,1H3. The van der Waals surface area contributed by atoms with Crippen LogP contribution in [-0.2, 0) is 6.54 Å². The molecule has 2 rings (SSSR count). The molecule has 74 valence electrons. The molecule has 0 aliphatic heterocycles. The van der Waals surface area contributed by atoms with Crippen LogP contribution in [0.5, 0.6) is 0 Å². The van der Waals surface area contributed by atoms with Crippen molar-refractivity contribution in [2.45, 2.75) is 13.5 Å². The van der Waals surface area contributed by atoms with Crippen LogP contribution >= 0.6 is 0 Å². The zero-order chi connectivity index (χ0) is 10.7. The number of benzene rings is 1. The maximum Gasteiger partial charge on any atom is 0.270 e. The van der Waals surface area contributed by atoms with Crippen LogP contribution in [0.15, 0.2) is 35.3 Å². The molecule has 3 nitrogen and oxygen atoms in total. The van der Waals surface area contributed by atoms with Crippen LogP contribution in [0.25, 0.3) is 11.0 Å². The van der Waals surface area contributed by atoms with Crippen molar-refractivity contribution in [1.29, 1.82) is 0 Å². The first-order chi connectivity index (χ1) is 7.33.